The summed E-state index contributed by atoms with van der Waals surface area (Å²) >= 11 is 6.06. The normalized spacial score (nSPS) is 14.2. The van der Waals surface area contributed by atoms with Crippen molar-refractivity contribution < 1.29 is 13.2 Å². The molecule has 0 unspecified atom stereocenters. The number of benzene rings is 1. The minimum atomic E-state index is -3.61. The zero-order valence-electron chi connectivity index (χ0n) is 14.7. The van der Waals surface area contributed by atoms with Gasteiger partial charge in [0.25, 0.3) is 0 Å². The van der Waals surface area contributed by atoms with E-state index >= 15 is 0 Å². The van der Waals surface area contributed by atoms with Crippen LogP contribution in [0.5, 0.6) is 0 Å². The average molecular weight is 374 g/mol. The molecular weight excluding hydrogens is 346 g/mol. The molecule has 0 aliphatic heterocycles. The van der Waals surface area contributed by atoms with Crippen LogP contribution in [0.15, 0.2) is 24.3 Å². The number of amides is 1. The highest BCUT2D eigenvalue weighted by atomic mass is 35.5. The van der Waals surface area contributed by atoms with Gasteiger partial charge >= 0.3 is 0 Å². The minimum absolute atomic E-state index is 0.0137. The molecular formula is C18H28ClNO3S. The molecule has 0 saturated carbocycles. The lowest BCUT2D eigenvalue weighted by Crippen LogP contribution is -2.37. The van der Waals surface area contributed by atoms with Crippen LogP contribution in [0.3, 0.4) is 0 Å². The maximum absolute atomic E-state index is 12.5. The topological polar surface area (TPSA) is 63.2 Å². The van der Waals surface area contributed by atoms with Crippen LogP contribution in [0, 0.1) is 0 Å². The standard InChI is InChI=1S/C18H28ClNO3S/c1-4-5-6-7-10-14(2)20-18(21)13-24(22,23)15(3)16-11-8-9-12-17(16)19/h8-9,11-12,14-15H,4-7,10,13H2,1-3H3,(H,20,21)/t14-,15+/m1/s1. The number of rotatable bonds is 10. The Morgan fingerprint density at radius 3 is 2.46 bits per heavy atom. The van der Waals surface area contributed by atoms with Crippen molar-refractivity contribution in [1.29, 1.82) is 0 Å². The number of halogens is 1. The van der Waals surface area contributed by atoms with E-state index in [-0.39, 0.29) is 6.04 Å². The molecule has 0 saturated heterocycles. The Kier molecular flexibility index (Phi) is 8.78. The summed E-state index contributed by atoms with van der Waals surface area (Å²) in [5.74, 6) is -0.963. The van der Waals surface area contributed by atoms with Gasteiger partial charge in [-0.05, 0) is 31.9 Å². The third-order valence-electron chi connectivity index (χ3n) is 4.11. The molecule has 0 aromatic heterocycles. The third-order valence-corrected chi connectivity index (χ3v) is 6.45. The average Bonchev–Trinajstić information content (AvgIpc) is 2.50. The maximum Gasteiger partial charge on any atom is 0.235 e. The predicted molar refractivity (Wildman–Crippen MR) is 100 cm³/mol. The summed E-state index contributed by atoms with van der Waals surface area (Å²) in [6.45, 7) is 5.63. The van der Waals surface area contributed by atoms with E-state index in [1.54, 1.807) is 31.2 Å². The smallest absolute Gasteiger partial charge is 0.235 e. The van der Waals surface area contributed by atoms with E-state index in [1.807, 2.05) is 6.92 Å². The van der Waals surface area contributed by atoms with Crippen molar-refractivity contribution in [2.45, 2.75) is 64.2 Å². The first-order valence-corrected chi connectivity index (χ1v) is 10.6. The molecule has 1 rings (SSSR count). The predicted octanol–water partition coefficient (Wildman–Crippen LogP) is 4.29. The highest BCUT2D eigenvalue weighted by molar-refractivity contribution is 7.92. The lowest BCUT2D eigenvalue weighted by atomic mass is 10.1. The van der Waals surface area contributed by atoms with Crippen molar-refractivity contribution in [2.75, 3.05) is 5.75 Å². The van der Waals surface area contributed by atoms with E-state index in [4.69, 9.17) is 11.6 Å². The van der Waals surface area contributed by atoms with Crippen molar-refractivity contribution in [3.63, 3.8) is 0 Å². The van der Waals surface area contributed by atoms with Crippen molar-refractivity contribution in [3.8, 4) is 0 Å². The van der Waals surface area contributed by atoms with E-state index in [2.05, 4.69) is 12.2 Å². The fourth-order valence-electron chi connectivity index (χ4n) is 2.57. The van der Waals surface area contributed by atoms with Gasteiger partial charge in [0, 0.05) is 11.1 Å². The Balaban J connectivity index is 2.57. The van der Waals surface area contributed by atoms with Crippen molar-refractivity contribution >= 4 is 27.3 Å². The summed E-state index contributed by atoms with van der Waals surface area (Å²) in [6.07, 6.45) is 5.39. The first-order valence-electron chi connectivity index (χ1n) is 8.53. The van der Waals surface area contributed by atoms with Crippen LogP contribution in [-0.4, -0.2) is 26.1 Å². The molecule has 0 bridgehead atoms. The molecule has 24 heavy (non-hydrogen) atoms. The van der Waals surface area contributed by atoms with Crippen LogP contribution < -0.4 is 5.32 Å². The second kappa shape index (κ2) is 10.0. The van der Waals surface area contributed by atoms with Gasteiger partial charge in [0.2, 0.25) is 5.91 Å². The molecule has 136 valence electrons. The number of carbonyl (C=O) groups excluding carboxylic acids is 1. The van der Waals surface area contributed by atoms with Gasteiger partial charge in [-0.3, -0.25) is 4.79 Å². The number of sulfone groups is 1. The molecule has 0 heterocycles. The van der Waals surface area contributed by atoms with Crippen LogP contribution in [0.1, 0.15) is 63.7 Å². The largest absolute Gasteiger partial charge is 0.353 e. The van der Waals surface area contributed by atoms with Gasteiger partial charge in [0.15, 0.2) is 9.84 Å². The SMILES string of the molecule is CCCCCC[C@@H](C)NC(=O)CS(=O)(=O)[C@@H](C)c1ccccc1Cl. The maximum atomic E-state index is 12.5. The lowest BCUT2D eigenvalue weighted by molar-refractivity contribution is -0.119. The number of hydrogen-bond donors (Lipinski definition) is 1. The summed E-state index contributed by atoms with van der Waals surface area (Å²) in [5.41, 5.74) is 0.527. The number of hydrogen-bond acceptors (Lipinski definition) is 3. The Labute approximate surface area is 150 Å². The van der Waals surface area contributed by atoms with Gasteiger partial charge in [-0.25, -0.2) is 8.42 Å². The van der Waals surface area contributed by atoms with Crippen LogP contribution in [-0.2, 0) is 14.6 Å². The molecule has 2 atom stereocenters. The molecule has 0 radical (unpaired) electrons. The van der Waals surface area contributed by atoms with Gasteiger partial charge < -0.3 is 5.32 Å². The lowest BCUT2D eigenvalue weighted by Gasteiger charge is -2.17. The molecule has 6 heteroatoms. The van der Waals surface area contributed by atoms with E-state index in [0.717, 1.165) is 19.3 Å². The summed E-state index contributed by atoms with van der Waals surface area (Å²) < 4.78 is 24.9. The van der Waals surface area contributed by atoms with E-state index in [0.29, 0.717) is 10.6 Å². The summed E-state index contributed by atoms with van der Waals surface area (Å²) in [5, 5.41) is 2.38. The number of nitrogens with one attached hydrogen (secondary N) is 1. The van der Waals surface area contributed by atoms with Crippen molar-refractivity contribution in [3.05, 3.63) is 34.9 Å². The van der Waals surface area contributed by atoms with Gasteiger partial charge in [0.1, 0.15) is 5.75 Å². The van der Waals surface area contributed by atoms with Crippen LogP contribution >= 0.6 is 11.6 Å². The molecule has 1 amide bonds. The molecule has 0 aliphatic carbocycles. The monoisotopic (exact) mass is 373 g/mol. The zero-order valence-corrected chi connectivity index (χ0v) is 16.3. The summed E-state index contributed by atoms with van der Waals surface area (Å²) in [4.78, 5) is 12.1. The van der Waals surface area contributed by atoms with E-state index in [9.17, 15) is 13.2 Å². The fraction of sp³-hybridized carbons (Fsp3) is 0.611. The highest BCUT2D eigenvalue weighted by Gasteiger charge is 2.27. The molecule has 0 spiro atoms. The van der Waals surface area contributed by atoms with E-state index in [1.165, 1.54) is 12.8 Å². The quantitative estimate of drug-likeness (QED) is 0.622. The Morgan fingerprint density at radius 1 is 1.17 bits per heavy atom. The van der Waals surface area contributed by atoms with Gasteiger partial charge in [-0.1, -0.05) is 62.4 Å². The fourth-order valence-corrected chi connectivity index (χ4v) is 4.23. The highest BCUT2D eigenvalue weighted by Crippen LogP contribution is 2.28. The van der Waals surface area contributed by atoms with Gasteiger partial charge in [-0.15, -0.1) is 0 Å². The number of carbonyl (C=O) groups is 1. The van der Waals surface area contributed by atoms with Gasteiger partial charge in [0.05, 0.1) is 5.25 Å². The van der Waals surface area contributed by atoms with Gasteiger partial charge in [-0.2, -0.15) is 0 Å². The molecule has 1 N–H and O–H groups in total. The van der Waals surface area contributed by atoms with Crippen LogP contribution in [0.25, 0.3) is 0 Å². The number of unbranched alkanes of at least 4 members (excludes halogenated alkanes) is 3. The molecule has 1 aromatic carbocycles. The first-order chi connectivity index (χ1) is 11.3. The first kappa shape index (κ1) is 21.0. The van der Waals surface area contributed by atoms with Crippen LogP contribution in [0.2, 0.25) is 5.02 Å². The molecule has 4 nitrogen and oxygen atoms in total. The molecule has 1 aromatic rings. The van der Waals surface area contributed by atoms with Crippen molar-refractivity contribution in [2.24, 2.45) is 0 Å². The minimum Gasteiger partial charge on any atom is -0.353 e. The second-order valence-electron chi connectivity index (χ2n) is 6.29. The van der Waals surface area contributed by atoms with Crippen molar-refractivity contribution in [1.82, 2.24) is 5.32 Å². The zero-order chi connectivity index (χ0) is 18.2. The molecule has 0 fully saturated rings. The van der Waals surface area contributed by atoms with Crippen LogP contribution in [0.4, 0.5) is 0 Å². The Bertz CT molecular complexity index is 631. The summed E-state index contributed by atoms with van der Waals surface area (Å²) in [6, 6.07) is 6.81. The summed E-state index contributed by atoms with van der Waals surface area (Å²) in [7, 11) is -3.61. The Hall–Kier alpha value is -1.07. The third kappa shape index (κ3) is 6.81. The molecule has 0 aliphatic rings. The second-order valence-corrected chi connectivity index (χ2v) is 9.02. The Morgan fingerprint density at radius 2 is 1.83 bits per heavy atom. The van der Waals surface area contributed by atoms with E-state index < -0.39 is 26.7 Å².